The van der Waals surface area contributed by atoms with Gasteiger partial charge >= 0.3 is 0 Å². The number of aliphatic hydroxyl groups is 1. The average molecular weight is 274 g/mol. The van der Waals surface area contributed by atoms with Gasteiger partial charge in [-0.1, -0.05) is 23.7 Å². The summed E-state index contributed by atoms with van der Waals surface area (Å²) in [5.74, 6) is 1.03. The lowest BCUT2D eigenvalue weighted by atomic mass is 10.1. The smallest absolute Gasteiger partial charge is 0.146 e. The van der Waals surface area contributed by atoms with Crippen LogP contribution in [0.2, 0.25) is 5.02 Å². The van der Waals surface area contributed by atoms with Crippen LogP contribution in [0.3, 0.4) is 0 Å². The van der Waals surface area contributed by atoms with Crippen molar-refractivity contribution in [3.63, 3.8) is 0 Å². The topological polar surface area (TPSA) is 53.2 Å². The van der Waals surface area contributed by atoms with E-state index in [2.05, 4.69) is 0 Å². The summed E-state index contributed by atoms with van der Waals surface area (Å²) < 4.78 is 5.62. The van der Waals surface area contributed by atoms with E-state index in [0.717, 1.165) is 5.56 Å². The summed E-state index contributed by atoms with van der Waals surface area (Å²) in [4.78, 5) is 0. The number of hydrogen-bond acceptors (Lipinski definition) is 3. The zero-order valence-corrected chi connectivity index (χ0v) is 11.1. The first-order valence-electron chi connectivity index (χ1n) is 5.75. The number of benzene rings is 2. The second-order valence-electron chi connectivity index (χ2n) is 4.11. The highest BCUT2D eigenvalue weighted by Crippen LogP contribution is 2.31. The molecule has 0 fully saturated rings. The molecular weight excluding hydrogens is 262 g/mol. The Labute approximate surface area is 116 Å². The van der Waals surface area contributed by atoms with Crippen molar-refractivity contribution in [2.24, 2.45) is 0 Å². The third kappa shape index (κ3) is 3.25. The van der Waals surface area contributed by atoms with Crippen molar-refractivity contribution >= 4 is 11.6 Å². The van der Waals surface area contributed by atoms with Gasteiger partial charge in [0.1, 0.15) is 11.5 Å². The zero-order valence-electron chi connectivity index (χ0n) is 10.3. The van der Waals surface area contributed by atoms with E-state index in [9.17, 15) is 5.11 Å². The Morgan fingerprint density at radius 3 is 2.68 bits per heavy atom. The van der Waals surface area contributed by atoms with Crippen molar-refractivity contribution in [1.29, 1.82) is 5.26 Å². The molecule has 0 aliphatic rings. The molecule has 0 unspecified atom stereocenters. The first-order valence-corrected chi connectivity index (χ1v) is 6.13. The fraction of sp³-hybridized carbons (Fsp3) is 0.133. The highest BCUT2D eigenvalue weighted by atomic mass is 35.5. The van der Waals surface area contributed by atoms with Crippen LogP contribution in [-0.2, 0) is 0 Å². The molecule has 96 valence electrons. The van der Waals surface area contributed by atoms with E-state index >= 15 is 0 Å². The highest BCUT2D eigenvalue weighted by Gasteiger charge is 2.07. The van der Waals surface area contributed by atoms with Gasteiger partial charge in [0.05, 0.1) is 22.8 Å². The minimum absolute atomic E-state index is 0.417. The maximum Gasteiger partial charge on any atom is 0.146 e. The molecule has 0 saturated carbocycles. The molecule has 0 amide bonds. The highest BCUT2D eigenvalue weighted by molar-refractivity contribution is 6.32. The Morgan fingerprint density at radius 2 is 2.05 bits per heavy atom. The summed E-state index contributed by atoms with van der Waals surface area (Å²) in [5.41, 5.74) is 1.25. The van der Waals surface area contributed by atoms with E-state index in [1.165, 1.54) is 0 Å². The molecule has 2 aromatic rings. The largest absolute Gasteiger partial charge is 0.456 e. The van der Waals surface area contributed by atoms with Crippen molar-refractivity contribution < 1.29 is 9.84 Å². The van der Waals surface area contributed by atoms with E-state index < -0.39 is 6.10 Å². The van der Waals surface area contributed by atoms with Crippen LogP contribution in [0.25, 0.3) is 0 Å². The molecule has 19 heavy (non-hydrogen) atoms. The summed E-state index contributed by atoms with van der Waals surface area (Å²) in [6, 6.07) is 14.0. The Balaban J connectivity index is 2.26. The molecule has 0 aliphatic heterocycles. The maximum atomic E-state index is 9.46. The van der Waals surface area contributed by atoms with Crippen LogP contribution < -0.4 is 4.74 Å². The van der Waals surface area contributed by atoms with Crippen molar-refractivity contribution in [2.45, 2.75) is 13.0 Å². The summed E-state index contributed by atoms with van der Waals surface area (Å²) in [6.45, 7) is 1.67. The monoisotopic (exact) mass is 273 g/mol. The van der Waals surface area contributed by atoms with E-state index in [1.807, 2.05) is 6.07 Å². The molecule has 3 nitrogen and oxygen atoms in total. The molecule has 0 bridgehead atoms. The van der Waals surface area contributed by atoms with Crippen molar-refractivity contribution in [3.8, 4) is 17.6 Å². The van der Waals surface area contributed by atoms with Crippen molar-refractivity contribution in [2.75, 3.05) is 0 Å². The molecule has 0 radical (unpaired) electrons. The first kappa shape index (κ1) is 13.4. The van der Waals surface area contributed by atoms with E-state index in [4.69, 9.17) is 21.6 Å². The zero-order chi connectivity index (χ0) is 13.8. The van der Waals surface area contributed by atoms with Gasteiger partial charge in [0, 0.05) is 0 Å². The molecule has 0 spiro atoms. The SMILES string of the molecule is C[C@H](O)c1ccc(Oc2cccc(C#N)c2)c(Cl)c1. The van der Waals surface area contributed by atoms with Gasteiger partial charge in [-0.25, -0.2) is 0 Å². The van der Waals surface area contributed by atoms with Crippen molar-refractivity contribution in [1.82, 2.24) is 0 Å². The molecule has 2 aromatic carbocycles. The lowest BCUT2D eigenvalue weighted by Crippen LogP contribution is -1.92. The number of hydrogen-bond donors (Lipinski definition) is 1. The Hall–Kier alpha value is -2.02. The quantitative estimate of drug-likeness (QED) is 0.917. The second kappa shape index (κ2) is 5.75. The predicted octanol–water partition coefficient (Wildman–Crippen LogP) is 4.06. The third-order valence-corrected chi connectivity index (χ3v) is 2.92. The molecular formula is C15H12ClNO2. The Bertz CT molecular complexity index is 632. The minimum atomic E-state index is -0.575. The first-order chi connectivity index (χ1) is 9.10. The van der Waals surface area contributed by atoms with Crippen LogP contribution in [0.1, 0.15) is 24.2 Å². The number of nitrogens with zero attached hydrogens (tertiary/aromatic N) is 1. The van der Waals surface area contributed by atoms with Crippen LogP contribution in [0.15, 0.2) is 42.5 Å². The van der Waals surface area contributed by atoms with Gasteiger partial charge < -0.3 is 9.84 Å². The minimum Gasteiger partial charge on any atom is -0.456 e. The van der Waals surface area contributed by atoms with Gasteiger partial charge in [-0.2, -0.15) is 5.26 Å². The average Bonchev–Trinajstić information content (AvgIpc) is 2.41. The van der Waals surface area contributed by atoms with E-state index in [1.54, 1.807) is 49.4 Å². The number of nitriles is 1. The van der Waals surface area contributed by atoms with Crippen LogP contribution in [-0.4, -0.2) is 5.11 Å². The number of aliphatic hydroxyl groups excluding tert-OH is 1. The molecule has 0 heterocycles. The molecule has 2 rings (SSSR count). The molecule has 0 aliphatic carbocycles. The molecule has 1 atom stereocenters. The Morgan fingerprint density at radius 1 is 1.26 bits per heavy atom. The second-order valence-corrected chi connectivity index (χ2v) is 4.51. The lowest BCUT2D eigenvalue weighted by molar-refractivity contribution is 0.199. The molecule has 0 aromatic heterocycles. The van der Waals surface area contributed by atoms with Gasteiger partial charge in [0.25, 0.3) is 0 Å². The van der Waals surface area contributed by atoms with Gasteiger partial charge in [0.15, 0.2) is 0 Å². The van der Waals surface area contributed by atoms with Gasteiger partial charge in [-0.05, 0) is 42.8 Å². The van der Waals surface area contributed by atoms with Gasteiger partial charge in [-0.15, -0.1) is 0 Å². The fourth-order valence-electron chi connectivity index (χ4n) is 1.62. The molecule has 1 N–H and O–H groups in total. The predicted molar refractivity (Wildman–Crippen MR) is 73.3 cm³/mol. The van der Waals surface area contributed by atoms with Crippen LogP contribution >= 0.6 is 11.6 Å². The molecule has 0 saturated heterocycles. The van der Waals surface area contributed by atoms with E-state index in [0.29, 0.717) is 22.1 Å². The van der Waals surface area contributed by atoms with Gasteiger partial charge in [0.2, 0.25) is 0 Å². The summed E-state index contributed by atoms with van der Waals surface area (Å²) in [5, 5.41) is 18.7. The molecule has 4 heteroatoms. The van der Waals surface area contributed by atoms with E-state index in [-0.39, 0.29) is 0 Å². The maximum absolute atomic E-state index is 9.46. The van der Waals surface area contributed by atoms with Crippen LogP contribution in [0.4, 0.5) is 0 Å². The fourth-order valence-corrected chi connectivity index (χ4v) is 1.84. The van der Waals surface area contributed by atoms with Gasteiger partial charge in [-0.3, -0.25) is 0 Å². The lowest BCUT2D eigenvalue weighted by Gasteiger charge is -2.10. The Kier molecular flexibility index (Phi) is 4.06. The van der Waals surface area contributed by atoms with Crippen molar-refractivity contribution in [3.05, 3.63) is 58.6 Å². The summed E-state index contributed by atoms with van der Waals surface area (Å²) in [7, 11) is 0. The summed E-state index contributed by atoms with van der Waals surface area (Å²) >= 11 is 6.10. The standard InChI is InChI=1S/C15H12ClNO2/c1-10(18)12-5-6-15(14(16)8-12)19-13-4-2-3-11(7-13)9-17/h2-8,10,18H,1H3/t10-/m0/s1. The summed E-state index contributed by atoms with van der Waals surface area (Å²) in [6.07, 6.45) is -0.575. The number of ether oxygens (including phenoxy) is 1. The number of rotatable bonds is 3. The van der Waals surface area contributed by atoms with Crippen LogP contribution in [0, 0.1) is 11.3 Å². The third-order valence-electron chi connectivity index (χ3n) is 2.63. The van der Waals surface area contributed by atoms with Crippen LogP contribution in [0.5, 0.6) is 11.5 Å². The normalized spacial score (nSPS) is 11.7. The number of halogens is 1.